The molecule has 0 N–H and O–H groups in total. The molecule has 0 aliphatic carbocycles. The topological polar surface area (TPSA) is 58.8 Å². The van der Waals surface area contributed by atoms with E-state index in [1.807, 2.05) is 24.3 Å². The zero-order chi connectivity index (χ0) is 15.2. The van der Waals surface area contributed by atoms with E-state index in [9.17, 15) is 0 Å². The fourth-order valence-electron chi connectivity index (χ4n) is 1.94. The minimum atomic E-state index is 0.574. The smallest absolute Gasteiger partial charge is 0.119 e. The number of hydrogen-bond acceptors (Lipinski definition) is 5. The quantitative estimate of drug-likeness (QED) is 0.531. The lowest BCUT2D eigenvalue weighted by Crippen LogP contribution is -2.00. The number of nitrogens with zero attached hydrogens (tertiary/aromatic N) is 3. The first-order chi connectivity index (χ1) is 10.8. The molecule has 0 aliphatic heterocycles. The first-order valence-corrected chi connectivity index (χ1v) is 7.81. The van der Waals surface area contributed by atoms with Gasteiger partial charge in [0.2, 0.25) is 0 Å². The van der Waals surface area contributed by atoms with Gasteiger partial charge in [-0.25, -0.2) is 4.98 Å². The lowest BCUT2D eigenvalue weighted by atomic mass is 10.2. The lowest BCUT2D eigenvalue weighted by Gasteiger charge is -2.06. The van der Waals surface area contributed by atoms with Crippen LogP contribution in [-0.2, 0) is 0 Å². The minimum Gasteiger partial charge on any atom is -0.493 e. The predicted molar refractivity (Wildman–Crippen MR) is 86.9 cm³/mol. The van der Waals surface area contributed by atoms with Crippen molar-refractivity contribution in [1.29, 1.82) is 5.26 Å². The zero-order valence-electron chi connectivity index (χ0n) is 11.8. The number of fused-ring (bicyclic) bond motifs is 1. The first-order valence-electron chi connectivity index (χ1n) is 6.83. The second-order valence-corrected chi connectivity index (χ2v) is 5.65. The molecule has 0 atom stereocenters. The summed E-state index contributed by atoms with van der Waals surface area (Å²) in [5.74, 6) is 1.55. The van der Waals surface area contributed by atoms with Crippen LogP contribution in [0.2, 0.25) is 0 Å². The van der Waals surface area contributed by atoms with E-state index in [1.165, 1.54) is 0 Å². The molecule has 108 valence electrons. The minimum absolute atomic E-state index is 0.574. The number of aromatic nitrogens is 2. The van der Waals surface area contributed by atoms with Gasteiger partial charge in [-0.3, -0.25) is 4.98 Å². The molecule has 5 heteroatoms. The van der Waals surface area contributed by atoms with Gasteiger partial charge in [0.1, 0.15) is 10.8 Å². The largest absolute Gasteiger partial charge is 0.493 e. The van der Waals surface area contributed by atoms with Gasteiger partial charge in [-0.05, 0) is 36.4 Å². The summed E-state index contributed by atoms with van der Waals surface area (Å²) < 4.78 is 5.64. The van der Waals surface area contributed by atoms with Crippen molar-refractivity contribution in [3.05, 3.63) is 60.3 Å². The molecule has 22 heavy (non-hydrogen) atoms. The van der Waals surface area contributed by atoms with E-state index in [-0.39, 0.29) is 0 Å². The summed E-state index contributed by atoms with van der Waals surface area (Å²) in [5.41, 5.74) is 2.44. The third-order valence-electron chi connectivity index (χ3n) is 3.01. The van der Waals surface area contributed by atoms with E-state index in [0.717, 1.165) is 27.6 Å². The molecular formula is C17H13N3OS. The predicted octanol–water partition coefficient (Wildman–Crippen LogP) is 3.67. The average Bonchev–Trinajstić information content (AvgIpc) is 2.59. The Morgan fingerprint density at radius 2 is 1.82 bits per heavy atom. The van der Waals surface area contributed by atoms with Gasteiger partial charge >= 0.3 is 0 Å². The van der Waals surface area contributed by atoms with Gasteiger partial charge in [-0.1, -0.05) is 12.1 Å². The Morgan fingerprint density at radius 3 is 2.59 bits per heavy atom. The van der Waals surface area contributed by atoms with Gasteiger partial charge in [0.25, 0.3) is 0 Å². The molecule has 0 aliphatic rings. The van der Waals surface area contributed by atoms with Crippen LogP contribution < -0.4 is 4.74 Å². The van der Waals surface area contributed by atoms with Gasteiger partial charge in [0, 0.05) is 5.75 Å². The van der Waals surface area contributed by atoms with Crippen molar-refractivity contribution in [2.75, 3.05) is 12.4 Å². The molecular weight excluding hydrogens is 294 g/mol. The summed E-state index contributed by atoms with van der Waals surface area (Å²) in [6, 6.07) is 17.0. The van der Waals surface area contributed by atoms with Crippen molar-refractivity contribution in [1.82, 2.24) is 9.97 Å². The highest BCUT2D eigenvalue weighted by Crippen LogP contribution is 2.18. The van der Waals surface area contributed by atoms with Crippen LogP contribution in [0.1, 0.15) is 5.56 Å². The molecule has 0 saturated heterocycles. The van der Waals surface area contributed by atoms with Crippen LogP contribution in [0.15, 0.2) is 59.8 Å². The maximum atomic E-state index is 8.74. The molecule has 3 aromatic rings. The normalized spacial score (nSPS) is 10.3. The molecule has 0 radical (unpaired) electrons. The Kier molecular flexibility index (Phi) is 4.52. The Balaban J connectivity index is 1.52. The van der Waals surface area contributed by atoms with Crippen molar-refractivity contribution in [3.63, 3.8) is 0 Å². The van der Waals surface area contributed by atoms with E-state index in [2.05, 4.69) is 16.0 Å². The lowest BCUT2D eigenvalue weighted by molar-refractivity contribution is 0.344. The van der Waals surface area contributed by atoms with Crippen LogP contribution in [0, 0.1) is 11.3 Å². The van der Waals surface area contributed by atoms with Crippen molar-refractivity contribution >= 4 is 22.8 Å². The molecule has 0 saturated carbocycles. The van der Waals surface area contributed by atoms with Crippen molar-refractivity contribution in [3.8, 4) is 11.8 Å². The van der Waals surface area contributed by atoms with E-state index in [0.29, 0.717) is 12.2 Å². The molecule has 0 bridgehead atoms. The molecule has 1 aromatic heterocycles. The van der Waals surface area contributed by atoms with E-state index >= 15 is 0 Å². The number of para-hydroxylation sites is 2. The molecule has 2 aromatic carbocycles. The summed E-state index contributed by atoms with van der Waals surface area (Å²) in [5, 5.41) is 9.63. The van der Waals surface area contributed by atoms with Crippen LogP contribution >= 0.6 is 11.8 Å². The van der Waals surface area contributed by atoms with Crippen LogP contribution in [0.3, 0.4) is 0 Å². The third-order valence-corrected chi connectivity index (χ3v) is 3.88. The zero-order valence-corrected chi connectivity index (χ0v) is 12.6. The highest BCUT2D eigenvalue weighted by Gasteiger charge is 2.01. The van der Waals surface area contributed by atoms with Crippen LogP contribution in [-0.4, -0.2) is 22.3 Å². The number of ether oxygens (including phenoxy) is 1. The Labute approximate surface area is 132 Å². The number of benzene rings is 2. The second kappa shape index (κ2) is 6.92. The van der Waals surface area contributed by atoms with Gasteiger partial charge in [0.05, 0.1) is 35.5 Å². The van der Waals surface area contributed by atoms with Crippen LogP contribution in [0.5, 0.6) is 5.75 Å². The molecule has 1 heterocycles. The summed E-state index contributed by atoms with van der Waals surface area (Å²) >= 11 is 1.61. The van der Waals surface area contributed by atoms with E-state index in [4.69, 9.17) is 10.00 Å². The molecule has 0 unspecified atom stereocenters. The van der Waals surface area contributed by atoms with Crippen LogP contribution in [0.25, 0.3) is 11.0 Å². The Bertz CT molecular complexity index is 812. The SMILES string of the molecule is N#Cc1ccc(OCCSc2cnc3ccccc3n2)cc1. The number of hydrogen-bond donors (Lipinski definition) is 0. The highest BCUT2D eigenvalue weighted by atomic mass is 32.2. The standard InChI is InChI=1S/C17H13N3OS/c18-11-13-5-7-14(8-6-13)21-9-10-22-17-12-19-15-3-1-2-4-16(15)20-17/h1-8,12H,9-10H2. The summed E-state index contributed by atoms with van der Waals surface area (Å²) in [4.78, 5) is 8.93. The molecule has 4 nitrogen and oxygen atoms in total. The summed E-state index contributed by atoms with van der Waals surface area (Å²) in [7, 11) is 0. The second-order valence-electron chi connectivity index (χ2n) is 4.53. The van der Waals surface area contributed by atoms with Gasteiger partial charge in [-0.15, -0.1) is 11.8 Å². The number of thioether (sulfide) groups is 1. The van der Waals surface area contributed by atoms with Gasteiger partial charge < -0.3 is 4.74 Å². The van der Waals surface area contributed by atoms with Gasteiger partial charge in [0.15, 0.2) is 0 Å². The van der Waals surface area contributed by atoms with E-state index in [1.54, 1.807) is 42.2 Å². The molecule has 0 amide bonds. The Morgan fingerprint density at radius 1 is 1.05 bits per heavy atom. The average molecular weight is 307 g/mol. The third kappa shape index (κ3) is 3.54. The fraction of sp³-hybridized carbons (Fsp3) is 0.118. The maximum Gasteiger partial charge on any atom is 0.119 e. The summed E-state index contributed by atoms with van der Waals surface area (Å²) in [6.45, 7) is 0.574. The summed E-state index contributed by atoms with van der Waals surface area (Å²) in [6.07, 6.45) is 1.79. The van der Waals surface area contributed by atoms with E-state index < -0.39 is 0 Å². The maximum absolute atomic E-state index is 8.74. The fourth-order valence-corrected chi connectivity index (χ4v) is 2.61. The Hall–Kier alpha value is -2.58. The highest BCUT2D eigenvalue weighted by molar-refractivity contribution is 7.99. The number of rotatable bonds is 5. The molecule has 0 spiro atoms. The van der Waals surface area contributed by atoms with Crippen molar-refractivity contribution in [2.45, 2.75) is 5.03 Å². The first kappa shape index (κ1) is 14.4. The number of nitriles is 1. The van der Waals surface area contributed by atoms with Gasteiger partial charge in [-0.2, -0.15) is 5.26 Å². The van der Waals surface area contributed by atoms with Crippen molar-refractivity contribution < 1.29 is 4.74 Å². The molecule has 0 fully saturated rings. The van der Waals surface area contributed by atoms with Crippen molar-refractivity contribution in [2.24, 2.45) is 0 Å². The van der Waals surface area contributed by atoms with Crippen LogP contribution in [0.4, 0.5) is 0 Å². The monoisotopic (exact) mass is 307 g/mol. The molecule has 3 rings (SSSR count).